The van der Waals surface area contributed by atoms with Crippen LogP contribution in [0.4, 0.5) is 5.69 Å². The molecular formula is C19H16ClN3O4S2. The second kappa shape index (κ2) is 7.01. The number of halogens is 1. The van der Waals surface area contributed by atoms with E-state index < -0.39 is 20.5 Å². The summed E-state index contributed by atoms with van der Waals surface area (Å²) >= 11 is 7.42. The summed E-state index contributed by atoms with van der Waals surface area (Å²) in [5.74, 6) is 0.247. The van der Waals surface area contributed by atoms with Gasteiger partial charge in [0.25, 0.3) is 15.6 Å². The first-order chi connectivity index (χ1) is 13.7. The average molecular weight is 450 g/mol. The van der Waals surface area contributed by atoms with Crippen LogP contribution in [0.3, 0.4) is 0 Å². The molecule has 0 bridgehead atoms. The molecule has 0 radical (unpaired) electrons. The van der Waals surface area contributed by atoms with Gasteiger partial charge in [-0.25, -0.2) is 17.8 Å². The van der Waals surface area contributed by atoms with Gasteiger partial charge in [0.05, 0.1) is 28.7 Å². The molecule has 29 heavy (non-hydrogen) atoms. The number of ether oxygens (including phenoxy) is 1. The molecule has 0 aliphatic heterocycles. The van der Waals surface area contributed by atoms with Gasteiger partial charge in [0.15, 0.2) is 9.86 Å². The van der Waals surface area contributed by atoms with E-state index in [1.807, 2.05) is 12.1 Å². The average Bonchev–Trinajstić information content (AvgIpc) is 3.02. The summed E-state index contributed by atoms with van der Waals surface area (Å²) in [5, 5.41) is 0.439. The van der Waals surface area contributed by atoms with Crippen molar-refractivity contribution in [2.24, 2.45) is 0 Å². The van der Waals surface area contributed by atoms with Gasteiger partial charge < -0.3 is 4.74 Å². The molecule has 4 rings (SSSR count). The number of sulfonamides is 1. The number of hydrogen-bond acceptors (Lipinski definition) is 6. The Bertz CT molecular complexity index is 1440. The quantitative estimate of drug-likeness (QED) is 0.508. The lowest BCUT2D eigenvalue weighted by atomic mass is 10.2. The molecule has 2 heterocycles. The predicted octanol–water partition coefficient (Wildman–Crippen LogP) is 3.99. The summed E-state index contributed by atoms with van der Waals surface area (Å²) in [4.78, 5) is 17.6. The molecule has 0 saturated carbocycles. The first kappa shape index (κ1) is 19.7. The Morgan fingerprint density at radius 3 is 2.66 bits per heavy atom. The second-order valence-electron chi connectivity index (χ2n) is 6.43. The topological polar surface area (TPSA) is 89.8 Å². The maximum absolute atomic E-state index is 13.2. The van der Waals surface area contributed by atoms with Crippen molar-refractivity contribution in [1.29, 1.82) is 0 Å². The number of anilines is 1. The Labute approximate surface area is 175 Å². The van der Waals surface area contributed by atoms with E-state index in [-0.39, 0.29) is 17.1 Å². The summed E-state index contributed by atoms with van der Waals surface area (Å²) in [7, 11) is -2.83. The molecule has 0 amide bonds. The summed E-state index contributed by atoms with van der Waals surface area (Å²) in [5.41, 5.74) is 0.937. The maximum atomic E-state index is 13.2. The van der Waals surface area contributed by atoms with Gasteiger partial charge in [-0.1, -0.05) is 35.1 Å². The van der Waals surface area contributed by atoms with Crippen molar-refractivity contribution in [2.45, 2.75) is 18.7 Å². The number of hydrogen-bond donors (Lipinski definition) is 1. The summed E-state index contributed by atoms with van der Waals surface area (Å²) < 4.78 is 36.2. The van der Waals surface area contributed by atoms with Crippen molar-refractivity contribution in [1.82, 2.24) is 9.38 Å². The van der Waals surface area contributed by atoms with E-state index >= 15 is 0 Å². The molecule has 1 N–H and O–H groups in total. The zero-order valence-corrected chi connectivity index (χ0v) is 18.1. The van der Waals surface area contributed by atoms with Crippen LogP contribution in [-0.2, 0) is 10.0 Å². The van der Waals surface area contributed by atoms with E-state index in [9.17, 15) is 13.2 Å². The SMILES string of the molecule is COc1cc(Cl)c(C)cc1NS(=O)(=O)c1c(C)nc2sc3ccccc3n2c1=O. The number of aromatic nitrogens is 2. The van der Waals surface area contributed by atoms with Crippen LogP contribution < -0.4 is 15.0 Å². The molecule has 150 valence electrons. The first-order valence-electron chi connectivity index (χ1n) is 8.51. The molecule has 0 atom stereocenters. The Morgan fingerprint density at radius 1 is 1.21 bits per heavy atom. The number of methoxy groups -OCH3 is 1. The van der Waals surface area contributed by atoms with Gasteiger partial charge in [-0.15, -0.1) is 0 Å². The van der Waals surface area contributed by atoms with Crippen molar-refractivity contribution < 1.29 is 13.2 Å². The number of para-hydroxylation sites is 1. The van der Waals surface area contributed by atoms with Gasteiger partial charge >= 0.3 is 0 Å². The van der Waals surface area contributed by atoms with Gasteiger partial charge in [-0.05, 0) is 37.6 Å². The van der Waals surface area contributed by atoms with E-state index in [1.165, 1.54) is 35.8 Å². The zero-order valence-electron chi connectivity index (χ0n) is 15.7. The number of aryl methyl sites for hydroxylation is 2. The Kier molecular flexibility index (Phi) is 4.76. The molecule has 0 aliphatic rings. The number of thiazole rings is 1. The van der Waals surface area contributed by atoms with Gasteiger partial charge in [-0.3, -0.25) is 9.52 Å². The fourth-order valence-corrected chi connectivity index (χ4v) is 5.63. The predicted molar refractivity (Wildman–Crippen MR) is 115 cm³/mol. The van der Waals surface area contributed by atoms with Crippen molar-refractivity contribution in [3.8, 4) is 5.75 Å². The molecule has 7 nitrogen and oxygen atoms in total. The van der Waals surface area contributed by atoms with E-state index in [0.717, 1.165) is 4.70 Å². The van der Waals surface area contributed by atoms with Gasteiger partial charge in [0.2, 0.25) is 0 Å². The molecule has 0 unspecified atom stereocenters. The van der Waals surface area contributed by atoms with Crippen LogP contribution in [-0.4, -0.2) is 24.9 Å². The molecule has 2 aromatic heterocycles. The standard InChI is InChI=1S/C19H16ClN3O4S2/c1-10-8-13(15(27-3)9-12(10)20)22-29(25,26)17-11(2)21-19-23(18(17)24)14-6-4-5-7-16(14)28-19/h4-9,22H,1-3H3. The number of nitrogens with one attached hydrogen (secondary N) is 1. The summed E-state index contributed by atoms with van der Waals surface area (Å²) in [6, 6.07) is 10.3. The fraction of sp³-hybridized carbons (Fsp3) is 0.158. The van der Waals surface area contributed by atoms with Gasteiger partial charge in [0.1, 0.15) is 5.75 Å². The van der Waals surface area contributed by atoms with Crippen LogP contribution in [0.5, 0.6) is 5.75 Å². The highest BCUT2D eigenvalue weighted by atomic mass is 35.5. The van der Waals surface area contributed by atoms with Crippen LogP contribution in [0, 0.1) is 13.8 Å². The van der Waals surface area contributed by atoms with E-state index in [2.05, 4.69) is 9.71 Å². The third-order valence-electron chi connectivity index (χ3n) is 4.48. The molecular weight excluding hydrogens is 434 g/mol. The molecule has 4 aromatic rings. The van der Waals surface area contributed by atoms with Crippen LogP contribution >= 0.6 is 22.9 Å². The van der Waals surface area contributed by atoms with Crippen molar-refractivity contribution in [3.63, 3.8) is 0 Å². The highest BCUT2D eigenvalue weighted by Crippen LogP contribution is 2.33. The smallest absolute Gasteiger partial charge is 0.280 e. The minimum atomic E-state index is -4.24. The van der Waals surface area contributed by atoms with E-state index in [0.29, 0.717) is 21.1 Å². The molecule has 0 spiro atoms. The van der Waals surface area contributed by atoms with Gasteiger partial charge in [-0.2, -0.15) is 0 Å². The zero-order chi connectivity index (χ0) is 20.9. The monoisotopic (exact) mass is 449 g/mol. The minimum absolute atomic E-state index is 0.124. The van der Waals surface area contributed by atoms with Crippen molar-refractivity contribution in [2.75, 3.05) is 11.8 Å². The number of fused-ring (bicyclic) bond motifs is 3. The molecule has 10 heteroatoms. The fourth-order valence-electron chi connectivity index (χ4n) is 3.11. The molecule has 0 aliphatic carbocycles. The highest BCUT2D eigenvalue weighted by Gasteiger charge is 2.26. The molecule has 0 saturated heterocycles. The lowest BCUT2D eigenvalue weighted by Gasteiger charge is -2.14. The van der Waals surface area contributed by atoms with Crippen LogP contribution in [0.2, 0.25) is 5.02 Å². The summed E-state index contributed by atoms with van der Waals surface area (Å²) in [6.07, 6.45) is 0. The first-order valence-corrected chi connectivity index (χ1v) is 11.2. The Hall–Kier alpha value is -2.62. The minimum Gasteiger partial charge on any atom is -0.495 e. The number of benzene rings is 2. The Morgan fingerprint density at radius 2 is 1.93 bits per heavy atom. The van der Waals surface area contributed by atoms with E-state index in [4.69, 9.17) is 16.3 Å². The largest absolute Gasteiger partial charge is 0.495 e. The lowest BCUT2D eigenvalue weighted by Crippen LogP contribution is -2.27. The number of rotatable bonds is 4. The van der Waals surface area contributed by atoms with Crippen molar-refractivity contribution >= 4 is 53.8 Å². The van der Waals surface area contributed by atoms with Crippen LogP contribution in [0.1, 0.15) is 11.3 Å². The normalized spacial score (nSPS) is 11.9. The molecule has 2 aromatic carbocycles. The third kappa shape index (κ3) is 3.25. The molecule has 0 fully saturated rings. The third-order valence-corrected chi connectivity index (χ3v) is 7.41. The van der Waals surface area contributed by atoms with E-state index in [1.54, 1.807) is 25.1 Å². The van der Waals surface area contributed by atoms with Crippen LogP contribution in [0.25, 0.3) is 15.2 Å². The second-order valence-corrected chi connectivity index (χ2v) is 9.46. The summed E-state index contributed by atoms with van der Waals surface area (Å²) in [6.45, 7) is 3.25. The van der Waals surface area contributed by atoms with Crippen LogP contribution in [0.15, 0.2) is 46.1 Å². The maximum Gasteiger partial charge on any atom is 0.280 e. The number of nitrogens with zero attached hydrogens (tertiary/aromatic N) is 2. The Balaban J connectivity index is 1.93. The highest BCUT2D eigenvalue weighted by molar-refractivity contribution is 7.92. The van der Waals surface area contributed by atoms with Crippen molar-refractivity contribution in [3.05, 3.63) is 63.0 Å². The van der Waals surface area contributed by atoms with Gasteiger partial charge in [0, 0.05) is 11.1 Å². The lowest BCUT2D eigenvalue weighted by molar-refractivity contribution is 0.417.